The molecular formula is C22H16ClF2NO7. The molecular weight excluding hydrogens is 464 g/mol. The number of nitro groups is 1. The van der Waals surface area contributed by atoms with Crippen molar-refractivity contribution in [2.45, 2.75) is 13.2 Å². The summed E-state index contributed by atoms with van der Waals surface area (Å²) in [7, 11) is 1.27. The van der Waals surface area contributed by atoms with Crippen LogP contribution in [0, 0.1) is 10.1 Å². The maximum absolute atomic E-state index is 12.4. The first-order valence-electron chi connectivity index (χ1n) is 9.27. The minimum atomic E-state index is -3.02. The van der Waals surface area contributed by atoms with E-state index in [0.29, 0.717) is 11.5 Å². The van der Waals surface area contributed by atoms with E-state index in [-0.39, 0.29) is 40.1 Å². The molecule has 0 bridgehead atoms. The molecule has 8 nitrogen and oxygen atoms in total. The van der Waals surface area contributed by atoms with E-state index in [2.05, 4.69) is 4.74 Å². The number of nitro benzene ring substituents is 1. The zero-order valence-corrected chi connectivity index (χ0v) is 17.8. The average Bonchev–Trinajstić information content (AvgIpc) is 3.24. The largest absolute Gasteiger partial charge is 0.493 e. The quantitative estimate of drug-likeness (QED) is 0.154. The van der Waals surface area contributed by atoms with Gasteiger partial charge in [-0.1, -0.05) is 11.6 Å². The second-order valence-electron chi connectivity index (χ2n) is 6.40. The number of nitrogens with zero attached hydrogens (tertiary/aromatic N) is 1. The van der Waals surface area contributed by atoms with Crippen LogP contribution in [-0.4, -0.2) is 24.4 Å². The maximum Gasteiger partial charge on any atom is 0.387 e. The fraction of sp³-hybridized carbons (Fsp3) is 0.136. The van der Waals surface area contributed by atoms with Crippen LogP contribution in [0.3, 0.4) is 0 Å². The van der Waals surface area contributed by atoms with Crippen LogP contribution in [0.25, 0.3) is 6.08 Å². The third kappa shape index (κ3) is 6.30. The first-order chi connectivity index (χ1) is 15.8. The third-order valence-electron chi connectivity index (χ3n) is 4.23. The number of allylic oxidation sites excluding steroid dienone is 1. The Morgan fingerprint density at radius 1 is 1.15 bits per heavy atom. The summed E-state index contributed by atoms with van der Waals surface area (Å²) in [5.74, 6) is 0.0933. The molecule has 0 aliphatic rings. The van der Waals surface area contributed by atoms with Crippen molar-refractivity contribution in [1.29, 1.82) is 0 Å². The molecule has 2 aromatic carbocycles. The zero-order valence-electron chi connectivity index (χ0n) is 17.0. The number of hydrogen-bond acceptors (Lipinski definition) is 7. The lowest BCUT2D eigenvalue weighted by Gasteiger charge is -2.10. The van der Waals surface area contributed by atoms with Crippen molar-refractivity contribution in [2.75, 3.05) is 7.11 Å². The molecule has 0 aliphatic carbocycles. The first-order valence-corrected chi connectivity index (χ1v) is 9.65. The Balaban J connectivity index is 1.65. The van der Waals surface area contributed by atoms with E-state index in [1.807, 2.05) is 0 Å². The molecule has 0 aliphatic heterocycles. The second-order valence-corrected chi connectivity index (χ2v) is 6.84. The minimum Gasteiger partial charge on any atom is -0.493 e. The minimum absolute atomic E-state index is 0.0109. The smallest absolute Gasteiger partial charge is 0.387 e. The van der Waals surface area contributed by atoms with Crippen LogP contribution in [0.1, 0.15) is 21.9 Å². The van der Waals surface area contributed by atoms with Gasteiger partial charge in [-0.15, -0.1) is 0 Å². The molecule has 0 fully saturated rings. The highest BCUT2D eigenvalue weighted by atomic mass is 35.5. The zero-order chi connectivity index (χ0) is 24.0. The van der Waals surface area contributed by atoms with E-state index in [4.69, 9.17) is 25.5 Å². The highest BCUT2D eigenvalue weighted by Crippen LogP contribution is 2.31. The Kier molecular flexibility index (Phi) is 7.62. The lowest BCUT2D eigenvalue weighted by atomic mass is 10.1. The van der Waals surface area contributed by atoms with Gasteiger partial charge in [-0.3, -0.25) is 14.9 Å². The van der Waals surface area contributed by atoms with Crippen LogP contribution in [0.5, 0.6) is 17.2 Å². The SMILES string of the molecule is COc1cc(C(=O)/C=C/c2ccc(COc3ccc(Cl)cc3[N+](=O)[O-])o2)ccc1OC(F)F. The van der Waals surface area contributed by atoms with Crippen LogP contribution in [0.4, 0.5) is 14.5 Å². The van der Waals surface area contributed by atoms with E-state index >= 15 is 0 Å². The van der Waals surface area contributed by atoms with Gasteiger partial charge in [0.1, 0.15) is 18.1 Å². The predicted octanol–water partition coefficient (Wildman–Crippen LogP) is 5.93. The maximum atomic E-state index is 12.4. The number of methoxy groups -OCH3 is 1. The van der Waals surface area contributed by atoms with Gasteiger partial charge < -0.3 is 18.6 Å². The number of ketones is 1. The van der Waals surface area contributed by atoms with Crippen LogP contribution < -0.4 is 14.2 Å². The Labute approximate surface area is 191 Å². The standard InChI is InChI=1S/C22H16ClF2NO7/c1-30-21-10-13(2-8-20(21)33-22(24)25)18(27)7-6-15-4-5-16(32-15)12-31-19-9-3-14(23)11-17(19)26(28)29/h2-11,22H,12H2,1H3/b7-6+. The van der Waals surface area contributed by atoms with Crippen LogP contribution >= 0.6 is 11.6 Å². The number of carbonyl (C=O) groups excluding carboxylic acids is 1. The lowest BCUT2D eigenvalue weighted by molar-refractivity contribution is -0.385. The molecule has 3 aromatic rings. The molecule has 172 valence electrons. The van der Waals surface area contributed by atoms with Gasteiger partial charge in [0.25, 0.3) is 0 Å². The third-order valence-corrected chi connectivity index (χ3v) is 4.47. The molecule has 3 rings (SSSR count). The van der Waals surface area contributed by atoms with Crippen molar-refractivity contribution in [1.82, 2.24) is 0 Å². The summed E-state index contributed by atoms with van der Waals surface area (Å²) in [5.41, 5.74) is -0.0879. The lowest BCUT2D eigenvalue weighted by Crippen LogP contribution is -2.04. The number of benzene rings is 2. The van der Waals surface area contributed by atoms with Gasteiger partial charge in [-0.05, 0) is 54.6 Å². The van der Waals surface area contributed by atoms with Crippen molar-refractivity contribution in [2.24, 2.45) is 0 Å². The molecule has 33 heavy (non-hydrogen) atoms. The Hall–Kier alpha value is -3.92. The summed E-state index contributed by atoms with van der Waals surface area (Å²) in [4.78, 5) is 22.9. The predicted molar refractivity (Wildman–Crippen MR) is 114 cm³/mol. The number of carbonyl (C=O) groups is 1. The number of halogens is 3. The highest BCUT2D eigenvalue weighted by Gasteiger charge is 2.16. The van der Waals surface area contributed by atoms with E-state index in [0.717, 1.165) is 0 Å². The molecule has 1 heterocycles. The van der Waals surface area contributed by atoms with Crippen LogP contribution in [0.15, 0.2) is 59.0 Å². The summed E-state index contributed by atoms with van der Waals surface area (Å²) in [5, 5.41) is 11.3. The first kappa shape index (κ1) is 23.7. The Morgan fingerprint density at radius 2 is 1.91 bits per heavy atom. The van der Waals surface area contributed by atoms with Gasteiger partial charge in [0.05, 0.1) is 12.0 Å². The van der Waals surface area contributed by atoms with Gasteiger partial charge >= 0.3 is 12.3 Å². The van der Waals surface area contributed by atoms with Crippen molar-refractivity contribution in [3.63, 3.8) is 0 Å². The monoisotopic (exact) mass is 479 g/mol. The molecule has 0 saturated heterocycles. The molecule has 11 heteroatoms. The van der Waals surface area contributed by atoms with Gasteiger partial charge in [0.2, 0.25) is 0 Å². The number of hydrogen-bond donors (Lipinski definition) is 0. The molecule has 0 atom stereocenters. The summed E-state index contributed by atoms with van der Waals surface area (Å²) < 4.78 is 45.1. The molecule has 0 unspecified atom stereocenters. The molecule has 0 amide bonds. The topological polar surface area (TPSA) is 101 Å². The molecule has 0 saturated carbocycles. The normalized spacial score (nSPS) is 11.1. The summed E-state index contributed by atoms with van der Waals surface area (Å²) >= 11 is 5.77. The number of ether oxygens (including phenoxy) is 3. The summed E-state index contributed by atoms with van der Waals surface area (Å²) in [6.07, 6.45) is 2.64. The number of furan rings is 1. The molecule has 0 N–H and O–H groups in total. The van der Waals surface area contributed by atoms with Crippen molar-refractivity contribution < 1.29 is 37.1 Å². The van der Waals surface area contributed by atoms with Crippen LogP contribution in [-0.2, 0) is 6.61 Å². The average molecular weight is 480 g/mol. The summed E-state index contributed by atoms with van der Waals surface area (Å²) in [6, 6.07) is 11.0. The fourth-order valence-corrected chi connectivity index (χ4v) is 2.90. The van der Waals surface area contributed by atoms with E-state index in [1.54, 1.807) is 12.1 Å². The highest BCUT2D eigenvalue weighted by molar-refractivity contribution is 6.30. The van der Waals surface area contributed by atoms with Gasteiger partial charge in [0.15, 0.2) is 23.0 Å². The van der Waals surface area contributed by atoms with Crippen molar-refractivity contribution >= 4 is 29.1 Å². The van der Waals surface area contributed by atoms with Crippen molar-refractivity contribution in [3.05, 3.63) is 86.8 Å². The second kappa shape index (κ2) is 10.6. The molecule has 0 spiro atoms. The van der Waals surface area contributed by atoms with Gasteiger partial charge in [0, 0.05) is 16.7 Å². The summed E-state index contributed by atoms with van der Waals surface area (Å²) in [6.45, 7) is -3.11. The Bertz CT molecular complexity index is 1190. The number of alkyl halides is 2. The fourth-order valence-electron chi connectivity index (χ4n) is 2.73. The Morgan fingerprint density at radius 3 is 2.61 bits per heavy atom. The van der Waals surface area contributed by atoms with E-state index in [9.17, 15) is 23.7 Å². The van der Waals surface area contributed by atoms with Crippen LogP contribution in [0.2, 0.25) is 5.02 Å². The number of rotatable bonds is 10. The van der Waals surface area contributed by atoms with E-state index < -0.39 is 17.3 Å². The van der Waals surface area contributed by atoms with Crippen molar-refractivity contribution in [3.8, 4) is 17.2 Å². The molecule has 1 aromatic heterocycles. The van der Waals surface area contributed by atoms with E-state index in [1.165, 1.54) is 55.7 Å². The van der Waals surface area contributed by atoms with Gasteiger partial charge in [-0.2, -0.15) is 8.78 Å². The molecule has 0 radical (unpaired) electrons. The van der Waals surface area contributed by atoms with Gasteiger partial charge in [-0.25, -0.2) is 0 Å².